The lowest BCUT2D eigenvalue weighted by Gasteiger charge is -2.15. The molecule has 0 bridgehead atoms. The van der Waals surface area contributed by atoms with Crippen molar-refractivity contribution in [3.8, 4) is 6.07 Å². The van der Waals surface area contributed by atoms with Crippen molar-refractivity contribution in [1.82, 2.24) is 4.98 Å². The normalized spacial score (nSPS) is 11.8. The second kappa shape index (κ2) is 7.13. The fourth-order valence-electron chi connectivity index (χ4n) is 1.35. The van der Waals surface area contributed by atoms with Gasteiger partial charge in [0.05, 0.1) is 5.69 Å². The Morgan fingerprint density at radius 2 is 2.44 bits per heavy atom. The molecule has 0 radical (unpaired) electrons. The van der Waals surface area contributed by atoms with Crippen LogP contribution in [0.3, 0.4) is 0 Å². The maximum absolute atomic E-state index is 8.89. The Balaban J connectivity index is 2.49. The molecule has 3 nitrogen and oxygen atoms in total. The van der Waals surface area contributed by atoms with Gasteiger partial charge in [-0.1, -0.05) is 6.92 Å². The molecule has 1 N–H and O–H groups in total. The molecule has 1 unspecified atom stereocenters. The highest BCUT2D eigenvalue weighted by molar-refractivity contribution is 7.99. The Morgan fingerprint density at radius 3 is 3.12 bits per heavy atom. The molecule has 0 aliphatic rings. The summed E-state index contributed by atoms with van der Waals surface area (Å²) in [5, 5.41) is 12.2. The summed E-state index contributed by atoms with van der Waals surface area (Å²) in [6.07, 6.45) is 2.74. The minimum Gasteiger partial charge on any atom is -0.380 e. The first-order valence-corrected chi connectivity index (χ1v) is 6.62. The van der Waals surface area contributed by atoms with E-state index < -0.39 is 0 Å². The summed E-state index contributed by atoms with van der Waals surface area (Å²) in [4.78, 5) is 4.02. The van der Waals surface area contributed by atoms with Crippen molar-refractivity contribution in [2.45, 2.75) is 26.3 Å². The molecule has 0 saturated carbocycles. The molecule has 0 amide bonds. The van der Waals surface area contributed by atoms with Gasteiger partial charge in [0, 0.05) is 12.2 Å². The van der Waals surface area contributed by atoms with Gasteiger partial charge in [0.1, 0.15) is 6.07 Å². The van der Waals surface area contributed by atoms with Crippen LogP contribution in [-0.4, -0.2) is 22.5 Å². The summed E-state index contributed by atoms with van der Waals surface area (Å²) in [6.45, 7) is 4.29. The van der Waals surface area contributed by atoms with Gasteiger partial charge in [-0.3, -0.25) is 0 Å². The van der Waals surface area contributed by atoms with E-state index in [1.165, 1.54) is 0 Å². The Labute approximate surface area is 101 Å². The Morgan fingerprint density at radius 1 is 1.62 bits per heavy atom. The zero-order chi connectivity index (χ0) is 11.8. The predicted octanol–water partition coefficient (Wildman–Crippen LogP) is 2.90. The van der Waals surface area contributed by atoms with Gasteiger partial charge in [0.15, 0.2) is 5.69 Å². The number of hydrogen-bond acceptors (Lipinski definition) is 4. The molecule has 1 atom stereocenters. The van der Waals surface area contributed by atoms with Crippen molar-refractivity contribution < 1.29 is 0 Å². The Bertz CT molecular complexity index is 360. The van der Waals surface area contributed by atoms with E-state index in [4.69, 9.17) is 5.26 Å². The molecule has 0 aromatic carbocycles. The lowest BCUT2D eigenvalue weighted by atomic mass is 10.2. The minimum absolute atomic E-state index is 0.371. The highest BCUT2D eigenvalue weighted by atomic mass is 32.2. The van der Waals surface area contributed by atoms with Gasteiger partial charge >= 0.3 is 0 Å². The summed E-state index contributed by atoms with van der Waals surface area (Å²) < 4.78 is 0. The topological polar surface area (TPSA) is 48.7 Å². The number of nitrogens with one attached hydrogen (secondary N) is 1. The van der Waals surface area contributed by atoms with Crippen molar-refractivity contribution in [3.63, 3.8) is 0 Å². The number of pyridine rings is 1. The molecule has 0 spiro atoms. The third-order valence-electron chi connectivity index (χ3n) is 2.21. The van der Waals surface area contributed by atoms with Crippen molar-refractivity contribution in [2.24, 2.45) is 0 Å². The van der Waals surface area contributed by atoms with E-state index in [1.807, 2.05) is 23.9 Å². The summed E-state index contributed by atoms with van der Waals surface area (Å²) in [7, 11) is 0. The molecular weight excluding hydrogens is 218 g/mol. The van der Waals surface area contributed by atoms with Crippen LogP contribution in [-0.2, 0) is 0 Å². The monoisotopic (exact) mass is 235 g/mol. The summed E-state index contributed by atoms with van der Waals surface area (Å²) in [5.41, 5.74) is 1.30. The highest BCUT2D eigenvalue weighted by Crippen LogP contribution is 2.14. The second-order valence-electron chi connectivity index (χ2n) is 3.54. The summed E-state index contributed by atoms with van der Waals surface area (Å²) in [5.74, 6) is 2.30. The molecule has 86 valence electrons. The molecule has 0 aliphatic carbocycles. The van der Waals surface area contributed by atoms with Crippen LogP contribution >= 0.6 is 11.8 Å². The van der Waals surface area contributed by atoms with Crippen LogP contribution < -0.4 is 5.32 Å². The maximum atomic E-state index is 8.89. The van der Waals surface area contributed by atoms with Gasteiger partial charge < -0.3 is 5.32 Å². The van der Waals surface area contributed by atoms with E-state index in [-0.39, 0.29) is 0 Å². The number of hydrogen-bond donors (Lipinski definition) is 1. The standard InChI is InChI=1S/C12H17N3S/c1-3-16-8-6-10(2)15-11-5-4-7-14-12(11)9-13/h4-5,7,10,15H,3,6,8H2,1-2H3. The van der Waals surface area contributed by atoms with E-state index in [0.717, 1.165) is 23.6 Å². The van der Waals surface area contributed by atoms with Crippen molar-refractivity contribution in [1.29, 1.82) is 5.26 Å². The third kappa shape index (κ3) is 4.11. The summed E-state index contributed by atoms with van der Waals surface area (Å²) in [6, 6.07) is 6.20. The Hall–Kier alpha value is -1.21. The average molecular weight is 235 g/mol. The number of anilines is 1. The third-order valence-corrected chi connectivity index (χ3v) is 3.15. The van der Waals surface area contributed by atoms with Crippen LogP contribution in [0.2, 0.25) is 0 Å². The molecule has 1 heterocycles. The quantitative estimate of drug-likeness (QED) is 0.770. The first kappa shape index (κ1) is 12.9. The van der Waals surface area contributed by atoms with Crippen LogP contribution in [0, 0.1) is 11.3 Å². The number of nitrogens with zero attached hydrogens (tertiary/aromatic N) is 2. The van der Waals surface area contributed by atoms with E-state index >= 15 is 0 Å². The fourth-order valence-corrected chi connectivity index (χ4v) is 2.16. The molecule has 1 aromatic heterocycles. The van der Waals surface area contributed by atoms with Crippen molar-refractivity contribution in [2.75, 3.05) is 16.8 Å². The number of nitriles is 1. The van der Waals surface area contributed by atoms with Gasteiger partial charge in [-0.2, -0.15) is 17.0 Å². The largest absolute Gasteiger partial charge is 0.380 e. The number of aromatic nitrogens is 1. The predicted molar refractivity (Wildman–Crippen MR) is 69.7 cm³/mol. The van der Waals surface area contributed by atoms with E-state index in [0.29, 0.717) is 11.7 Å². The zero-order valence-corrected chi connectivity index (χ0v) is 10.5. The van der Waals surface area contributed by atoms with Gasteiger partial charge in [-0.05, 0) is 37.0 Å². The minimum atomic E-state index is 0.371. The van der Waals surface area contributed by atoms with E-state index in [1.54, 1.807) is 6.20 Å². The van der Waals surface area contributed by atoms with Crippen LogP contribution in [0.1, 0.15) is 26.0 Å². The second-order valence-corrected chi connectivity index (χ2v) is 4.94. The molecule has 16 heavy (non-hydrogen) atoms. The van der Waals surface area contributed by atoms with Gasteiger partial charge in [0.2, 0.25) is 0 Å². The van der Waals surface area contributed by atoms with Gasteiger partial charge in [-0.15, -0.1) is 0 Å². The van der Waals surface area contributed by atoms with Gasteiger partial charge in [-0.25, -0.2) is 4.98 Å². The molecule has 1 rings (SSSR count). The first-order valence-electron chi connectivity index (χ1n) is 5.47. The number of rotatable bonds is 6. The van der Waals surface area contributed by atoms with Crippen LogP contribution in [0.15, 0.2) is 18.3 Å². The molecule has 0 fully saturated rings. The molecule has 4 heteroatoms. The lowest BCUT2D eigenvalue weighted by molar-refractivity contribution is 0.770. The SMILES string of the molecule is CCSCCC(C)Nc1cccnc1C#N. The lowest BCUT2D eigenvalue weighted by Crippen LogP contribution is -2.17. The molecule has 0 saturated heterocycles. The van der Waals surface area contributed by atoms with Crippen LogP contribution in [0.4, 0.5) is 5.69 Å². The van der Waals surface area contributed by atoms with E-state index in [2.05, 4.69) is 30.2 Å². The smallest absolute Gasteiger partial charge is 0.163 e. The first-order chi connectivity index (χ1) is 7.77. The zero-order valence-electron chi connectivity index (χ0n) is 9.73. The van der Waals surface area contributed by atoms with E-state index in [9.17, 15) is 0 Å². The average Bonchev–Trinajstić information content (AvgIpc) is 2.30. The highest BCUT2D eigenvalue weighted by Gasteiger charge is 2.06. The molecular formula is C12H17N3S. The molecule has 0 aliphatic heterocycles. The van der Waals surface area contributed by atoms with Crippen LogP contribution in [0.25, 0.3) is 0 Å². The summed E-state index contributed by atoms with van der Waals surface area (Å²) >= 11 is 1.94. The van der Waals surface area contributed by atoms with Crippen LogP contribution in [0.5, 0.6) is 0 Å². The van der Waals surface area contributed by atoms with Crippen molar-refractivity contribution in [3.05, 3.63) is 24.0 Å². The molecule has 1 aromatic rings. The van der Waals surface area contributed by atoms with Crippen molar-refractivity contribution >= 4 is 17.4 Å². The maximum Gasteiger partial charge on any atom is 0.163 e. The Kier molecular flexibility index (Phi) is 5.73. The number of thioether (sulfide) groups is 1. The van der Waals surface area contributed by atoms with Gasteiger partial charge in [0.25, 0.3) is 0 Å². The fraction of sp³-hybridized carbons (Fsp3) is 0.500.